The Morgan fingerprint density at radius 1 is 1.38 bits per heavy atom. The van der Waals surface area contributed by atoms with Crippen molar-refractivity contribution in [3.05, 3.63) is 0 Å². The number of nitriles is 1. The molecule has 0 aromatic heterocycles. The summed E-state index contributed by atoms with van der Waals surface area (Å²) in [7, 11) is 0. The van der Waals surface area contributed by atoms with Gasteiger partial charge in [0.05, 0.1) is 6.07 Å². The van der Waals surface area contributed by atoms with Crippen LogP contribution in [0.25, 0.3) is 0 Å². The predicted octanol–water partition coefficient (Wildman–Crippen LogP) is 3.60. The summed E-state index contributed by atoms with van der Waals surface area (Å²) in [5, 5.41) is 18.3. The van der Waals surface area contributed by atoms with Crippen molar-refractivity contribution in [1.29, 1.82) is 5.26 Å². The molecule has 0 saturated carbocycles. The first-order valence-electron chi connectivity index (χ1n) is 6.19. The Labute approximate surface area is 98.5 Å². The molecule has 0 aromatic rings. The summed E-state index contributed by atoms with van der Waals surface area (Å²) in [6, 6.07) is 2.01. The van der Waals surface area contributed by atoms with Gasteiger partial charge in [-0.3, -0.25) is 4.79 Å². The molecule has 0 aliphatic heterocycles. The van der Waals surface area contributed by atoms with Crippen LogP contribution in [0.3, 0.4) is 0 Å². The van der Waals surface area contributed by atoms with Crippen molar-refractivity contribution in [2.24, 2.45) is 11.3 Å². The number of hydrogen-bond acceptors (Lipinski definition) is 2. The van der Waals surface area contributed by atoms with Crippen molar-refractivity contribution in [1.82, 2.24) is 0 Å². The van der Waals surface area contributed by atoms with E-state index >= 15 is 0 Å². The number of carboxylic acid groups (broad SMARTS) is 1. The van der Waals surface area contributed by atoms with E-state index in [1.54, 1.807) is 6.92 Å². The summed E-state index contributed by atoms with van der Waals surface area (Å²) in [4.78, 5) is 11.2. The minimum Gasteiger partial charge on any atom is -0.480 e. The largest absolute Gasteiger partial charge is 0.480 e. The van der Waals surface area contributed by atoms with Gasteiger partial charge in [0.15, 0.2) is 5.41 Å². The third-order valence-electron chi connectivity index (χ3n) is 3.47. The number of carboxylic acids is 1. The molecule has 0 aliphatic carbocycles. The summed E-state index contributed by atoms with van der Waals surface area (Å²) < 4.78 is 0. The maximum absolute atomic E-state index is 11.2. The fraction of sp³-hybridized carbons (Fsp3) is 0.846. The third-order valence-corrected chi connectivity index (χ3v) is 3.47. The molecule has 0 rings (SSSR count). The first-order valence-corrected chi connectivity index (χ1v) is 6.19. The molecular weight excluding hydrogens is 202 g/mol. The van der Waals surface area contributed by atoms with Crippen LogP contribution in [0.15, 0.2) is 0 Å². The van der Waals surface area contributed by atoms with Crippen molar-refractivity contribution >= 4 is 5.97 Å². The van der Waals surface area contributed by atoms with Gasteiger partial charge in [0, 0.05) is 0 Å². The topological polar surface area (TPSA) is 61.1 Å². The smallest absolute Gasteiger partial charge is 0.324 e. The zero-order chi connectivity index (χ0) is 12.6. The lowest BCUT2D eigenvalue weighted by Crippen LogP contribution is -2.35. The Bertz CT molecular complexity index is 257. The molecule has 0 aliphatic rings. The normalized spacial score (nSPS) is 16.1. The first-order chi connectivity index (χ1) is 7.55. The van der Waals surface area contributed by atoms with E-state index in [9.17, 15) is 9.90 Å². The Morgan fingerprint density at radius 2 is 2.00 bits per heavy atom. The number of hydrogen-bond donors (Lipinski definition) is 1. The molecule has 0 amide bonds. The van der Waals surface area contributed by atoms with Gasteiger partial charge in [-0.2, -0.15) is 5.26 Å². The fourth-order valence-electron chi connectivity index (χ4n) is 2.07. The van der Waals surface area contributed by atoms with Crippen molar-refractivity contribution in [3.8, 4) is 6.07 Å². The minimum atomic E-state index is -1.19. The summed E-state index contributed by atoms with van der Waals surface area (Å²) in [5.74, 6) is -1.04. The SMILES string of the molecule is CCCCCC[C@@H](C)C(C#N)(CC)C(=O)O. The number of rotatable bonds is 8. The number of nitrogens with zero attached hydrogens (tertiary/aromatic N) is 1. The van der Waals surface area contributed by atoms with E-state index in [0.29, 0.717) is 6.42 Å². The molecule has 0 aromatic carbocycles. The second-order valence-corrected chi connectivity index (χ2v) is 4.49. The quantitative estimate of drug-likeness (QED) is 0.642. The Hall–Kier alpha value is -1.04. The van der Waals surface area contributed by atoms with Crippen LogP contribution >= 0.6 is 0 Å². The zero-order valence-electron chi connectivity index (χ0n) is 10.6. The Kier molecular flexibility index (Phi) is 6.80. The lowest BCUT2D eigenvalue weighted by Gasteiger charge is -2.27. The van der Waals surface area contributed by atoms with Crippen LogP contribution in [0.1, 0.15) is 59.3 Å². The number of aliphatic carboxylic acids is 1. The second kappa shape index (κ2) is 7.27. The predicted molar refractivity (Wildman–Crippen MR) is 63.9 cm³/mol. The third kappa shape index (κ3) is 3.52. The van der Waals surface area contributed by atoms with Crippen molar-refractivity contribution in [2.45, 2.75) is 59.3 Å². The van der Waals surface area contributed by atoms with Crippen LogP contribution < -0.4 is 0 Å². The average Bonchev–Trinajstić information content (AvgIpc) is 2.26. The molecule has 92 valence electrons. The monoisotopic (exact) mass is 225 g/mol. The Morgan fingerprint density at radius 3 is 2.38 bits per heavy atom. The van der Waals surface area contributed by atoms with Gasteiger partial charge >= 0.3 is 5.97 Å². The molecule has 0 radical (unpaired) electrons. The highest BCUT2D eigenvalue weighted by molar-refractivity contribution is 5.78. The van der Waals surface area contributed by atoms with Crippen LogP contribution in [-0.2, 0) is 4.79 Å². The van der Waals surface area contributed by atoms with Crippen molar-refractivity contribution in [3.63, 3.8) is 0 Å². The van der Waals surface area contributed by atoms with Crippen LogP contribution in [0.5, 0.6) is 0 Å². The second-order valence-electron chi connectivity index (χ2n) is 4.49. The lowest BCUT2D eigenvalue weighted by molar-refractivity contribution is -0.148. The standard InChI is InChI=1S/C13H23NO2/c1-4-6-7-8-9-11(3)13(5-2,10-14)12(15)16/h11H,4-9H2,1-3H3,(H,15,16)/t11-,13?/m1/s1. The van der Waals surface area contributed by atoms with E-state index in [1.165, 1.54) is 12.8 Å². The molecule has 0 bridgehead atoms. The van der Waals surface area contributed by atoms with E-state index in [4.69, 9.17) is 5.26 Å². The molecule has 1 unspecified atom stereocenters. The van der Waals surface area contributed by atoms with Gasteiger partial charge in [0.2, 0.25) is 0 Å². The van der Waals surface area contributed by atoms with Crippen LogP contribution in [-0.4, -0.2) is 11.1 Å². The highest BCUT2D eigenvalue weighted by atomic mass is 16.4. The highest BCUT2D eigenvalue weighted by Crippen LogP contribution is 2.34. The maximum atomic E-state index is 11.2. The summed E-state index contributed by atoms with van der Waals surface area (Å²) in [5.41, 5.74) is -1.19. The van der Waals surface area contributed by atoms with Crippen LogP contribution in [0.2, 0.25) is 0 Å². The van der Waals surface area contributed by atoms with E-state index in [-0.39, 0.29) is 5.92 Å². The zero-order valence-corrected chi connectivity index (χ0v) is 10.6. The summed E-state index contributed by atoms with van der Waals surface area (Å²) >= 11 is 0. The molecule has 1 N–H and O–H groups in total. The molecule has 0 saturated heterocycles. The van der Waals surface area contributed by atoms with Crippen molar-refractivity contribution in [2.75, 3.05) is 0 Å². The molecule has 0 heterocycles. The van der Waals surface area contributed by atoms with Crippen molar-refractivity contribution < 1.29 is 9.90 Å². The van der Waals surface area contributed by atoms with Gasteiger partial charge in [0.1, 0.15) is 0 Å². The van der Waals surface area contributed by atoms with Gasteiger partial charge in [0.25, 0.3) is 0 Å². The average molecular weight is 225 g/mol. The van der Waals surface area contributed by atoms with Gasteiger partial charge in [-0.15, -0.1) is 0 Å². The molecule has 0 spiro atoms. The van der Waals surface area contributed by atoms with E-state index in [1.807, 2.05) is 13.0 Å². The van der Waals surface area contributed by atoms with Gasteiger partial charge < -0.3 is 5.11 Å². The Balaban J connectivity index is 4.36. The molecule has 16 heavy (non-hydrogen) atoms. The highest BCUT2D eigenvalue weighted by Gasteiger charge is 2.42. The number of carbonyl (C=O) groups is 1. The van der Waals surface area contributed by atoms with E-state index in [2.05, 4.69) is 6.92 Å². The van der Waals surface area contributed by atoms with Crippen LogP contribution in [0, 0.1) is 22.7 Å². The first kappa shape index (κ1) is 15.0. The van der Waals surface area contributed by atoms with Gasteiger partial charge in [-0.25, -0.2) is 0 Å². The van der Waals surface area contributed by atoms with Gasteiger partial charge in [-0.1, -0.05) is 46.5 Å². The van der Waals surface area contributed by atoms with Gasteiger partial charge in [-0.05, 0) is 18.8 Å². The summed E-state index contributed by atoms with van der Waals surface area (Å²) in [6.07, 6.45) is 5.72. The van der Waals surface area contributed by atoms with E-state index < -0.39 is 11.4 Å². The lowest BCUT2D eigenvalue weighted by atomic mass is 9.73. The molecule has 0 fully saturated rings. The summed E-state index contributed by atoms with van der Waals surface area (Å²) in [6.45, 7) is 5.80. The van der Waals surface area contributed by atoms with E-state index in [0.717, 1.165) is 19.3 Å². The molecular formula is C13H23NO2. The van der Waals surface area contributed by atoms with Crippen LogP contribution in [0.4, 0.5) is 0 Å². The maximum Gasteiger partial charge on any atom is 0.324 e. The fourth-order valence-corrected chi connectivity index (χ4v) is 2.07. The minimum absolute atomic E-state index is 0.0724. The molecule has 3 heteroatoms. The molecule has 3 nitrogen and oxygen atoms in total. The number of unbranched alkanes of at least 4 members (excludes halogenated alkanes) is 3. The molecule has 2 atom stereocenters.